The van der Waals surface area contributed by atoms with Gasteiger partial charge in [0.25, 0.3) is 0 Å². The molecule has 0 amide bonds. The lowest BCUT2D eigenvalue weighted by Gasteiger charge is -2.17. The predicted molar refractivity (Wildman–Crippen MR) is 75.8 cm³/mol. The van der Waals surface area contributed by atoms with Crippen LogP contribution in [0.25, 0.3) is 11.4 Å². The average Bonchev–Trinajstić information content (AvgIpc) is 2.85. The number of fused-ring (bicyclic) bond motifs is 1. The van der Waals surface area contributed by atoms with Crippen LogP contribution in [0.15, 0.2) is 24.5 Å². The van der Waals surface area contributed by atoms with E-state index in [0.29, 0.717) is 0 Å². The van der Waals surface area contributed by atoms with Crippen molar-refractivity contribution in [2.75, 3.05) is 6.54 Å². The topological polar surface area (TPSA) is 56.7 Å². The molecule has 1 aliphatic heterocycles. The van der Waals surface area contributed by atoms with Gasteiger partial charge in [0, 0.05) is 30.2 Å². The molecule has 4 heteroatoms. The van der Waals surface area contributed by atoms with E-state index < -0.39 is 0 Å². The van der Waals surface area contributed by atoms with Crippen molar-refractivity contribution < 1.29 is 0 Å². The standard InChI is InChI=1S/C15H20N4/c16-8-3-6-13-14-7-1-2-10-19(14)15(18-13)12-5-4-9-17-11-12/h4-5,9,11H,1-3,6-8,10,16H2. The van der Waals surface area contributed by atoms with Crippen molar-refractivity contribution in [3.05, 3.63) is 35.9 Å². The van der Waals surface area contributed by atoms with E-state index in [1.165, 1.54) is 24.2 Å². The molecule has 0 aliphatic carbocycles. The number of aromatic nitrogens is 3. The number of hydrogen-bond donors (Lipinski definition) is 1. The lowest BCUT2D eigenvalue weighted by Crippen LogP contribution is -2.12. The van der Waals surface area contributed by atoms with Gasteiger partial charge in [-0.1, -0.05) is 0 Å². The molecule has 2 N–H and O–H groups in total. The third kappa shape index (κ3) is 2.40. The van der Waals surface area contributed by atoms with Crippen LogP contribution in [0.2, 0.25) is 0 Å². The van der Waals surface area contributed by atoms with Gasteiger partial charge < -0.3 is 10.3 Å². The van der Waals surface area contributed by atoms with Crippen molar-refractivity contribution in [3.8, 4) is 11.4 Å². The molecule has 0 bridgehead atoms. The summed E-state index contributed by atoms with van der Waals surface area (Å²) in [4.78, 5) is 9.08. The van der Waals surface area contributed by atoms with Crippen molar-refractivity contribution in [1.82, 2.24) is 14.5 Å². The Kier molecular flexibility index (Phi) is 3.60. The molecule has 0 radical (unpaired) electrons. The van der Waals surface area contributed by atoms with Gasteiger partial charge in [0.05, 0.1) is 5.69 Å². The van der Waals surface area contributed by atoms with Crippen LogP contribution >= 0.6 is 0 Å². The zero-order valence-electron chi connectivity index (χ0n) is 11.2. The number of hydrogen-bond acceptors (Lipinski definition) is 3. The van der Waals surface area contributed by atoms with E-state index >= 15 is 0 Å². The number of imidazole rings is 1. The summed E-state index contributed by atoms with van der Waals surface area (Å²) in [7, 11) is 0. The maximum Gasteiger partial charge on any atom is 0.142 e. The molecule has 100 valence electrons. The van der Waals surface area contributed by atoms with Crippen LogP contribution in [0.1, 0.15) is 30.7 Å². The summed E-state index contributed by atoms with van der Waals surface area (Å²) in [6.45, 7) is 1.81. The second-order valence-electron chi connectivity index (χ2n) is 5.07. The zero-order chi connectivity index (χ0) is 13.1. The Balaban J connectivity index is 2.02. The average molecular weight is 256 g/mol. The van der Waals surface area contributed by atoms with Crippen LogP contribution in [0.5, 0.6) is 0 Å². The molecule has 0 spiro atoms. The third-order valence-electron chi connectivity index (χ3n) is 3.74. The molecule has 0 atom stereocenters. The van der Waals surface area contributed by atoms with E-state index in [1.54, 1.807) is 6.20 Å². The van der Waals surface area contributed by atoms with Gasteiger partial charge in [-0.05, 0) is 50.8 Å². The monoisotopic (exact) mass is 256 g/mol. The molecule has 0 saturated carbocycles. The summed E-state index contributed by atoms with van der Waals surface area (Å²) in [5.41, 5.74) is 9.40. The van der Waals surface area contributed by atoms with Gasteiger partial charge in [-0.15, -0.1) is 0 Å². The van der Waals surface area contributed by atoms with Crippen LogP contribution < -0.4 is 5.73 Å². The minimum absolute atomic E-state index is 0.731. The fourth-order valence-electron chi connectivity index (χ4n) is 2.80. The van der Waals surface area contributed by atoms with E-state index in [4.69, 9.17) is 10.7 Å². The summed E-state index contributed by atoms with van der Waals surface area (Å²) in [5.74, 6) is 1.08. The largest absolute Gasteiger partial charge is 0.330 e. The molecule has 1 aliphatic rings. The van der Waals surface area contributed by atoms with E-state index in [2.05, 4.69) is 15.6 Å². The number of aryl methyl sites for hydroxylation is 1. The van der Waals surface area contributed by atoms with Crippen LogP contribution in [0.4, 0.5) is 0 Å². The lowest BCUT2D eigenvalue weighted by molar-refractivity contribution is 0.532. The molecule has 3 rings (SSSR count). The maximum absolute atomic E-state index is 5.63. The Hall–Kier alpha value is -1.68. The van der Waals surface area contributed by atoms with Gasteiger partial charge in [0.2, 0.25) is 0 Å². The summed E-state index contributed by atoms with van der Waals surface area (Å²) in [6, 6.07) is 4.06. The maximum atomic E-state index is 5.63. The zero-order valence-corrected chi connectivity index (χ0v) is 11.2. The molecule has 0 saturated heterocycles. The highest BCUT2D eigenvalue weighted by atomic mass is 15.1. The molecular formula is C15H20N4. The Labute approximate surface area is 113 Å². The highest BCUT2D eigenvalue weighted by molar-refractivity contribution is 5.55. The van der Waals surface area contributed by atoms with Crippen molar-refractivity contribution in [2.45, 2.75) is 38.6 Å². The number of pyridine rings is 1. The third-order valence-corrected chi connectivity index (χ3v) is 3.74. The molecule has 2 aromatic heterocycles. The van der Waals surface area contributed by atoms with Gasteiger partial charge in [0.15, 0.2) is 0 Å². The summed E-state index contributed by atoms with van der Waals surface area (Å²) < 4.78 is 2.38. The Morgan fingerprint density at radius 1 is 1.32 bits per heavy atom. The van der Waals surface area contributed by atoms with Crippen LogP contribution in [-0.2, 0) is 19.4 Å². The van der Waals surface area contributed by atoms with Crippen molar-refractivity contribution in [2.24, 2.45) is 5.73 Å². The Bertz CT molecular complexity index is 545. The van der Waals surface area contributed by atoms with Crippen LogP contribution in [0.3, 0.4) is 0 Å². The second kappa shape index (κ2) is 5.53. The van der Waals surface area contributed by atoms with E-state index in [9.17, 15) is 0 Å². The lowest BCUT2D eigenvalue weighted by atomic mass is 10.1. The predicted octanol–water partition coefficient (Wildman–Crippen LogP) is 2.17. The van der Waals surface area contributed by atoms with E-state index in [-0.39, 0.29) is 0 Å². The Morgan fingerprint density at radius 2 is 2.26 bits per heavy atom. The quantitative estimate of drug-likeness (QED) is 0.912. The molecule has 2 aromatic rings. The summed E-state index contributed by atoms with van der Waals surface area (Å²) in [6.07, 6.45) is 9.37. The molecule has 0 aromatic carbocycles. The molecule has 3 heterocycles. The van der Waals surface area contributed by atoms with Crippen molar-refractivity contribution >= 4 is 0 Å². The first-order chi connectivity index (χ1) is 9.40. The molecule has 0 fully saturated rings. The fraction of sp³-hybridized carbons (Fsp3) is 0.467. The molecule has 4 nitrogen and oxygen atoms in total. The fourth-order valence-corrected chi connectivity index (χ4v) is 2.80. The van der Waals surface area contributed by atoms with Gasteiger partial charge in [-0.25, -0.2) is 4.98 Å². The van der Waals surface area contributed by atoms with Gasteiger partial charge in [-0.2, -0.15) is 0 Å². The Morgan fingerprint density at radius 3 is 3.05 bits per heavy atom. The molecule has 0 unspecified atom stereocenters. The summed E-state index contributed by atoms with van der Waals surface area (Å²) in [5, 5.41) is 0. The first kappa shape index (κ1) is 12.4. The van der Waals surface area contributed by atoms with Gasteiger partial charge in [-0.3, -0.25) is 4.98 Å². The van der Waals surface area contributed by atoms with Crippen LogP contribution in [0, 0.1) is 0 Å². The second-order valence-corrected chi connectivity index (χ2v) is 5.07. The molecular weight excluding hydrogens is 236 g/mol. The van der Waals surface area contributed by atoms with Crippen molar-refractivity contribution in [3.63, 3.8) is 0 Å². The van der Waals surface area contributed by atoms with Gasteiger partial charge in [0.1, 0.15) is 5.82 Å². The minimum atomic E-state index is 0.731. The first-order valence-electron chi connectivity index (χ1n) is 7.09. The smallest absolute Gasteiger partial charge is 0.142 e. The first-order valence-corrected chi connectivity index (χ1v) is 7.09. The minimum Gasteiger partial charge on any atom is -0.330 e. The number of nitrogens with two attached hydrogens (primary N) is 1. The SMILES string of the molecule is NCCCc1nc(-c2cccnc2)n2c1CCCC2. The van der Waals surface area contributed by atoms with Crippen LogP contribution in [-0.4, -0.2) is 21.1 Å². The van der Waals surface area contributed by atoms with Crippen molar-refractivity contribution in [1.29, 1.82) is 0 Å². The number of nitrogens with zero attached hydrogens (tertiary/aromatic N) is 3. The highest BCUT2D eigenvalue weighted by Gasteiger charge is 2.20. The highest BCUT2D eigenvalue weighted by Crippen LogP contribution is 2.27. The van der Waals surface area contributed by atoms with E-state index in [1.807, 2.05) is 12.3 Å². The van der Waals surface area contributed by atoms with Gasteiger partial charge >= 0.3 is 0 Å². The summed E-state index contributed by atoms with van der Waals surface area (Å²) >= 11 is 0. The van der Waals surface area contributed by atoms with E-state index in [0.717, 1.165) is 43.7 Å². The molecule has 19 heavy (non-hydrogen) atoms. The normalized spacial score (nSPS) is 14.4. The number of rotatable bonds is 4.